The Labute approximate surface area is 378 Å². The zero-order valence-corrected chi connectivity index (χ0v) is 35.6. The van der Waals surface area contributed by atoms with Crippen LogP contribution in [0.3, 0.4) is 0 Å². The van der Waals surface area contributed by atoms with Crippen molar-refractivity contribution < 1.29 is 0 Å². The molecule has 0 spiro atoms. The van der Waals surface area contributed by atoms with Gasteiger partial charge >= 0.3 is 0 Å². The van der Waals surface area contributed by atoms with Crippen LogP contribution in [0.2, 0.25) is 0 Å². The Morgan fingerprint density at radius 1 is 0.323 bits per heavy atom. The lowest BCUT2D eigenvalue weighted by atomic mass is 9.67. The predicted octanol–water partition coefficient (Wildman–Crippen LogP) is 16.6. The normalized spacial score (nSPS) is 12.7. The molecule has 12 aromatic rings. The van der Waals surface area contributed by atoms with Crippen LogP contribution in [0.4, 0.5) is 17.1 Å². The van der Waals surface area contributed by atoms with Crippen LogP contribution < -0.4 is 4.90 Å². The number of aromatic nitrogens is 1. The van der Waals surface area contributed by atoms with Gasteiger partial charge in [0.1, 0.15) is 0 Å². The summed E-state index contributed by atoms with van der Waals surface area (Å²) in [5.74, 6) is 0. The van der Waals surface area contributed by atoms with E-state index in [1.54, 1.807) is 0 Å². The van der Waals surface area contributed by atoms with Crippen molar-refractivity contribution in [1.82, 2.24) is 4.57 Å². The second-order valence-corrected chi connectivity index (χ2v) is 17.2. The van der Waals surface area contributed by atoms with E-state index in [0.29, 0.717) is 0 Å². The van der Waals surface area contributed by atoms with E-state index in [1.165, 1.54) is 82.3 Å². The molecular weight excluding hydrogens is 785 g/mol. The van der Waals surface area contributed by atoms with Crippen molar-refractivity contribution >= 4 is 60.4 Å². The fourth-order valence-corrected chi connectivity index (χ4v) is 11.1. The summed E-state index contributed by atoms with van der Waals surface area (Å²) in [6, 6.07) is 93.9. The maximum atomic E-state index is 2.55. The summed E-state index contributed by atoms with van der Waals surface area (Å²) in [4.78, 5) is 2.39. The Kier molecular flexibility index (Phi) is 8.47. The fourth-order valence-electron chi connectivity index (χ4n) is 11.1. The third-order valence-electron chi connectivity index (χ3n) is 13.8. The number of rotatable bonds is 7. The molecule has 1 heterocycles. The molecule has 1 aliphatic carbocycles. The van der Waals surface area contributed by atoms with Crippen LogP contribution in [0.1, 0.15) is 22.3 Å². The van der Waals surface area contributed by atoms with Crippen LogP contribution in [0, 0.1) is 0 Å². The lowest BCUT2D eigenvalue weighted by molar-refractivity contribution is 0.767. The Bertz CT molecular complexity index is 3680. The van der Waals surface area contributed by atoms with Crippen LogP contribution in [0.25, 0.3) is 71.3 Å². The van der Waals surface area contributed by atoms with Crippen LogP contribution in [0.5, 0.6) is 0 Å². The van der Waals surface area contributed by atoms with Crippen LogP contribution in [0.15, 0.2) is 255 Å². The van der Waals surface area contributed by atoms with Gasteiger partial charge in [-0.15, -0.1) is 0 Å². The largest absolute Gasteiger partial charge is 0.310 e. The van der Waals surface area contributed by atoms with Gasteiger partial charge in [0.25, 0.3) is 0 Å². The van der Waals surface area contributed by atoms with E-state index in [2.05, 4.69) is 264 Å². The van der Waals surface area contributed by atoms with Gasteiger partial charge in [0.2, 0.25) is 0 Å². The highest BCUT2D eigenvalue weighted by atomic mass is 15.1. The molecule has 0 N–H and O–H groups in total. The number of fused-ring (bicyclic) bond motifs is 9. The first-order valence-corrected chi connectivity index (χ1v) is 22.5. The van der Waals surface area contributed by atoms with Crippen molar-refractivity contribution in [2.24, 2.45) is 0 Å². The first-order chi connectivity index (χ1) is 32.3. The molecule has 0 atom stereocenters. The molecule has 0 fully saturated rings. The third kappa shape index (κ3) is 5.60. The molecule has 0 saturated carbocycles. The monoisotopic (exact) mass is 826 g/mol. The molecule has 0 radical (unpaired) electrons. The first-order valence-electron chi connectivity index (χ1n) is 22.5. The minimum absolute atomic E-state index is 0.523. The predicted molar refractivity (Wildman–Crippen MR) is 273 cm³/mol. The zero-order chi connectivity index (χ0) is 42.9. The molecule has 11 aromatic carbocycles. The number of benzene rings is 11. The van der Waals surface area contributed by atoms with E-state index in [0.717, 1.165) is 28.3 Å². The third-order valence-corrected chi connectivity index (χ3v) is 13.8. The summed E-state index contributed by atoms with van der Waals surface area (Å²) >= 11 is 0. The van der Waals surface area contributed by atoms with Gasteiger partial charge in [-0.3, -0.25) is 0 Å². The topological polar surface area (TPSA) is 8.17 Å². The number of para-hydroxylation sites is 3. The quantitative estimate of drug-likeness (QED) is 0.155. The van der Waals surface area contributed by atoms with Gasteiger partial charge in [-0.2, -0.15) is 0 Å². The molecule has 2 nitrogen and oxygen atoms in total. The zero-order valence-electron chi connectivity index (χ0n) is 35.6. The highest BCUT2D eigenvalue weighted by Crippen LogP contribution is 2.57. The van der Waals surface area contributed by atoms with Gasteiger partial charge in [-0.05, 0) is 121 Å². The summed E-state index contributed by atoms with van der Waals surface area (Å²) in [7, 11) is 0. The van der Waals surface area contributed by atoms with E-state index < -0.39 is 5.41 Å². The lowest BCUT2D eigenvalue weighted by Crippen LogP contribution is -2.28. The first kappa shape index (κ1) is 37.1. The summed E-state index contributed by atoms with van der Waals surface area (Å²) in [5.41, 5.74) is 16.3. The van der Waals surface area contributed by atoms with Crippen molar-refractivity contribution in [2.45, 2.75) is 5.41 Å². The van der Waals surface area contributed by atoms with Crippen LogP contribution in [-0.4, -0.2) is 4.57 Å². The molecule has 1 aromatic heterocycles. The average Bonchev–Trinajstić information content (AvgIpc) is 3.86. The fraction of sp³-hybridized carbons (Fsp3) is 0.0159. The summed E-state index contributed by atoms with van der Waals surface area (Å²) in [6.45, 7) is 0. The maximum Gasteiger partial charge on any atom is 0.0714 e. The second kappa shape index (κ2) is 14.8. The van der Waals surface area contributed by atoms with E-state index in [4.69, 9.17) is 0 Å². The summed E-state index contributed by atoms with van der Waals surface area (Å²) in [5, 5.41) is 7.40. The second-order valence-electron chi connectivity index (χ2n) is 17.2. The molecule has 0 unspecified atom stereocenters. The molecule has 1 aliphatic rings. The molecule has 0 aliphatic heterocycles. The minimum Gasteiger partial charge on any atom is -0.310 e. The SMILES string of the molecule is c1ccc(N(c2ccccc2)c2ccccc2-c2cc3c(c4ccccc24)c2cc4ccccc4cc2n3-c2ccc3c(c2)C(c2ccccc2)(c2ccccc2)c2ccccc2-3)cc1. The highest BCUT2D eigenvalue weighted by molar-refractivity contribution is 6.26. The number of anilines is 3. The Balaban J connectivity index is 1.14. The van der Waals surface area contributed by atoms with E-state index >= 15 is 0 Å². The minimum atomic E-state index is -0.523. The maximum absolute atomic E-state index is 2.55. The molecule has 0 bridgehead atoms. The summed E-state index contributed by atoms with van der Waals surface area (Å²) in [6.07, 6.45) is 0. The molecule has 65 heavy (non-hydrogen) atoms. The Morgan fingerprint density at radius 3 is 1.52 bits per heavy atom. The summed E-state index contributed by atoms with van der Waals surface area (Å²) < 4.78 is 2.55. The van der Waals surface area contributed by atoms with Gasteiger partial charge < -0.3 is 9.47 Å². The van der Waals surface area contributed by atoms with Crippen molar-refractivity contribution in [3.8, 4) is 27.9 Å². The van der Waals surface area contributed by atoms with Crippen molar-refractivity contribution in [1.29, 1.82) is 0 Å². The van der Waals surface area contributed by atoms with Crippen molar-refractivity contribution in [3.63, 3.8) is 0 Å². The van der Waals surface area contributed by atoms with Gasteiger partial charge in [0.05, 0.1) is 22.1 Å². The smallest absolute Gasteiger partial charge is 0.0714 e. The van der Waals surface area contributed by atoms with Gasteiger partial charge in [-0.25, -0.2) is 0 Å². The van der Waals surface area contributed by atoms with E-state index in [1.807, 2.05) is 0 Å². The number of nitrogens with zero attached hydrogens (tertiary/aromatic N) is 2. The van der Waals surface area contributed by atoms with Crippen molar-refractivity contribution in [2.75, 3.05) is 4.90 Å². The highest BCUT2D eigenvalue weighted by Gasteiger charge is 2.46. The number of hydrogen-bond acceptors (Lipinski definition) is 1. The average molecular weight is 827 g/mol. The standard InChI is InChI=1S/C63H42N2/c1-5-23-45(24-6-1)63(46-25-7-2-8-26-46)57-35-19-17-32-51(57)52-38-37-49(41-58(52)63)65-60-40-44-22-14-13-21-43(44)39-56(60)62-54-34-16-15-31-50(54)55(42-61(62)65)53-33-18-20-36-59(53)64(47-27-9-3-10-28-47)48-29-11-4-12-30-48/h1-42H. The van der Waals surface area contributed by atoms with E-state index in [9.17, 15) is 0 Å². The van der Waals surface area contributed by atoms with Crippen LogP contribution in [-0.2, 0) is 5.41 Å². The van der Waals surface area contributed by atoms with Gasteiger partial charge in [0, 0.05) is 33.4 Å². The van der Waals surface area contributed by atoms with Gasteiger partial charge in [0.15, 0.2) is 0 Å². The lowest BCUT2D eigenvalue weighted by Gasteiger charge is -2.34. The van der Waals surface area contributed by atoms with Crippen LogP contribution >= 0.6 is 0 Å². The molecule has 13 rings (SSSR count). The number of hydrogen-bond donors (Lipinski definition) is 0. The van der Waals surface area contributed by atoms with Crippen molar-refractivity contribution in [3.05, 3.63) is 277 Å². The molecule has 304 valence electrons. The Morgan fingerprint density at radius 2 is 0.846 bits per heavy atom. The molecular formula is C63H42N2. The van der Waals surface area contributed by atoms with E-state index in [-0.39, 0.29) is 0 Å². The molecule has 0 saturated heterocycles. The Hall–Kier alpha value is -8.46. The molecule has 2 heteroatoms. The van der Waals surface area contributed by atoms with Gasteiger partial charge in [-0.1, -0.05) is 194 Å². The molecule has 0 amide bonds.